The van der Waals surface area contributed by atoms with Crippen LogP contribution in [0.5, 0.6) is 0 Å². The number of aromatic nitrogens is 4. The number of hydrogen-bond donors (Lipinski definition) is 2. The smallest absolute Gasteiger partial charge is 0.245 e. The Bertz CT molecular complexity index is 551. The molecule has 0 aromatic carbocycles. The summed E-state index contributed by atoms with van der Waals surface area (Å²) >= 11 is 0. The zero-order valence-electron chi connectivity index (χ0n) is 14.0. The van der Waals surface area contributed by atoms with Crippen molar-refractivity contribution in [3.8, 4) is 0 Å². The Balaban J connectivity index is 1.98. The topological polar surface area (TPSA) is 107 Å². The van der Waals surface area contributed by atoms with Crippen molar-refractivity contribution in [1.29, 1.82) is 0 Å². The molecule has 0 unspecified atom stereocenters. The number of anilines is 2. The van der Waals surface area contributed by atoms with Gasteiger partial charge in [0.25, 0.3) is 0 Å². The minimum absolute atomic E-state index is 0.191. The molecular formula is C14H24N6O3. The Morgan fingerprint density at radius 3 is 1.65 bits per heavy atom. The van der Waals surface area contributed by atoms with Crippen molar-refractivity contribution in [1.82, 2.24) is 20.3 Å². The molecule has 23 heavy (non-hydrogen) atoms. The number of hydrogen-bond acceptors (Lipinski definition) is 9. The first-order valence-electron chi connectivity index (χ1n) is 7.77. The van der Waals surface area contributed by atoms with Crippen LogP contribution in [0.4, 0.5) is 11.6 Å². The molecule has 0 aliphatic rings. The van der Waals surface area contributed by atoms with Gasteiger partial charge in [-0.2, -0.15) is 0 Å². The van der Waals surface area contributed by atoms with Crippen LogP contribution in [0.2, 0.25) is 0 Å². The lowest BCUT2D eigenvalue weighted by atomic mass is 10.4. The van der Waals surface area contributed by atoms with Gasteiger partial charge in [0.1, 0.15) is 0 Å². The fraction of sp³-hybridized carbons (Fsp3) is 0.714. The van der Waals surface area contributed by atoms with Crippen molar-refractivity contribution in [2.75, 3.05) is 36.9 Å². The minimum Gasteiger partial charge on any atom is -0.377 e. The summed E-state index contributed by atoms with van der Waals surface area (Å²) in [6.07, 6.45) is 0.381. The van der Waals surface area contributed by atoms with E-state index in [4.69, 9.17) is 9.47 Å². The molecule has 0 bridgehead atoms. The van der Waals surface area contributed by atoms with Gasteiger partial charge >= 0.3 is 0 Å². The van der Waals surface area contributed by atoms with Crippen molar-refractivity contribution in [3.05, 3.63) is 0 Å². The lowest BCUT2D eigenvalue weighted by Gasteiger charge is -2.13. The third kappa shape index (κ3) is 5.61. The minimum atomic E-state index is 0.191. The van der Waals surface area contributed by atoms with Crippen molar-refractivity contribution in [2.24, 2.45) is 0 Å². The van der Waals surface area contributed by atoms with Gasteiger partial charge in [-0.15, -0.1) is 0 Å². The number of nitrogens with one attached hydrogen (secondary N) is 2. The normalized spacial score (nSPS) is 11.6. The fourth-order valence-corrected chi connectivity index (χ4v) is 1.81. The Hall–Kier alpha value is -2.00. The number of rotatable bonds is 10. The number of nitrogens with zero attached hydrogens (tertiary/aromatic N) is 4. The zero-order chi connectivity index (χ0) is 16.7. The van der Waals surface area contributed by atoms with Crippen LogP contribution >= 0.6 is 0 Å². The highest BCUT2D eigenvalue weighted by molar-refractivity contribution is 5.73. The molecule has 0 saturated carbocycles. The first kappa shape index (κ1) is 17.4. The first-order chi connectivity index (χ1) is 11.1. The molecule has 2 heterocycles. The van der Waals surface area contributed by atoms with Gasteiger partial charge < -0.3 is 20.1 Å². The van der Waals surface area contributed by atoms with Gasteiger partial charge in [0, 0.05) is 13.1 Å². The molecule has 0 amide bonds. The Morgan fingerprint density at radius 2 is 1.26 bits per heavy atom. The highest BCUT2D eigenvalue weighted by Gasteiger charge is 2.12. The van der Waals surface area contributed by atoms with Crippen LogP contribution in [0.3, 0.4) is 0 Å². The monoisotopic (exact) mass is 324 g/mol. The quantitative estimate of drug-likeness (QED) is 0.631. The molecular weight excluding hydrogens is 300 g/mol. The highest BCUT2D eigenvalue weighted by Crippen LogP contribution is 2.19. The van der Waals surface area contributed by atoms with Gasteiger partial charge in [0.15, 0.2) is 11.6 Å². The summed E-state index contributed by atoms with van der Waals surface area (Å²) in [5.41, 5.74) is 0.725. The van der Waals surface area contributed by atoms with E-state index in [1.165, 1.54) is 0 Å². The van der Waals surface area contributed by atoms with Gasteiger partial charge in [-0.1, -0.05) is 0 Å². The summed E-state index contributed by atoms with van der Waals surface area (Å²) < 4.78 is 15.7. The van der Waals surface area contributed by atoms with Crippen molar-refractivity contribution in [2.45, 2.75) is 39.9 Å². The molecule has 2 aromatic rings. The second-order valence-electron chi connectivity index (χ2n) is 5.52. The van der Waals surface area contributed by atoms with Gasteiger partial charge in [-0.3, -0.25) is 0 Å². The Kier molecular flexibility index (Phi) is 6.48. The van der Waals surface area contributed by atoms with Gasteiger partial charge in [-0.25, -0.2) is 14.6 Å². The van der Waals surface area contributed by atoms with E-state index in [1.807, 2.05) is 27.7 Å². The predicted molar refractivity (Wildman–Crippen MR) is 86.5 cm³/mol. The summed E-state index contributed by atoms with van der Waals surface area (Å²) in [7, 11) is 0. The lowest BCUT2D eigenvalue weighted by Crippen LogP contribution is -2.18. The summed E-state index contributed by atoms with van der Waals surface area (Å²) in [6, 6.07) is 0. The Morgan fingerprint density at radius 1 is 0.826 bits per heavy atom. The third-order valence-corrected chi connectivity index (χ3v) is 2.81. The van der Waals surface area contributed by atoms with Gasteiger partial charge in [0.2, 0.25) is 11.3 Å². The summed E-state index contributed by atoms with van der Waals surface area (Å²) in [6.45, 7) is 10.4. The van der Waals surface area contributed by atoms with E-state index in [0.717, 1.165) is 0 Å². The first-order valence-corrected chi connectivity index (χ1v) is 7.77. The molecule has 0 fully saturated rings. The SMILES string of the molecule is CC(C)OCCNc1nc2nonc2nc1NCCOC(C)C. The Labute approximate surface area is 135 Å². The molecule has 2 rings (SSSR count). The molecule has 9 heteroatoms. The second kappa shape index (κ2) is 8.59. The fourth-order valence-electron chi connectivity index (χ4n) is 1.81. The zero-order valence-corrected chi connectivity index (χ0v) is 14.0. The summed E-state index contributed by atoms with van der Waals surface area (Å²) in [5, 5.41) is 13.8. The maximum atomic E-state index is 5.50. The molecule has 2 aromatic heterocycles. The van der Waals surface area contributed by atoms with E-state index in [9.17, 15) is 0 Å². The van der Waals surface area contributed by atoms with Crippen molar-refractivity contribution >= 4 is 22.9 Å². The maximum absolute atomic E-state index is 5.50. The molecule has 0 atom stereocenters. The summed E-state index contributed by atoms with van der Waals surface area (Å²) in [5.74, 6) is 1.18. The van der Waals surface area contributed by atoms with E-state index in [0.29, 0.717) is 49.2 Å². The largest absolute Gasteiger partial charge is 0.377 e. The standard InChI is InChI=1S/C14H24N6O3/c1-9(2)21-7-5-15-11-12(16-6-8-22-10(3)4)18-14-13(17-11)19-23-20-14/h9-10H,5-8H2,1-4H3,(H,15,17,19)(H,16,18,20). The van der Waals surface area contributed by atoms with Crippen LogP contribution < -0.4 is 10.6 Å². The van der Waals surface area contributed by atoms with Crippen molar-refractivity contribution < 1.29 is 14.1 Å². The maximum Gasteiger partial charge on any atom is 0.245 e. The van der Waals surface area contributed by atoms with E-state index >= 15 is 0 Å². The van der Waals surface area contributed by atoms with E-state index in [1.54, 1.807) is 0 Å². The highest BCUT2D eigenvalue weighted by atomic mass is 16.6. The van der Waals surface area contributed by atoms with Crippen LogP contribution in [-0.4, -0.2) is 58.8 Å². The second-order valence-corrected chi connectivity index (χ2v) is 5.52. The van der Waals surface area contributed by atoms with Gasteiger partial charge in [0.05, 0.1) is 25.4 Å². The summed E-state index contributed by atoms with van der Waals surface area (Å²) in [4.78, 5) is 8.73. The molecule has 0 spiro atoms. The molecule has 2 N–H and O–H groups in total. The lowest BCUT2D eigenvalue weighted by molar-refractivity contribution is 0.0866. The van der Waals surface area contributed by atoms with E-state index < -0.39 is 0 Å². The third-order valence-electron chi connectivity index (χ3n) is 2.81. The average molecular weight is 324 g/mol. The molecule has 0 radical (unpaired) electrons. The van der Waals surface area contributed by atoms with Crippen LogP contribution in [0.1, 0.15) is 27.7 Å². The average Bonchev–Trinajstić information content (AvgIpc) is 2.94. The van der Waals surface area contributed by atoms with E-state index in [-0.39, 0.29) is 12.2 Å². The number of ether oxygens (including phenoxy) is 2. The van der Waals surface area contributed by atoms with E-state index in [2.05, 4.69) is 35.5 Å². The molecule has 0 saturated heterocycles. The molecule has 9 nitrogen and oxygen atoms in total. The number of fused-ring (bicyclic) bond motifs is 1. The van der Waals surface area contributed by atoms with Gasteiger partial charge in [-0.05, 0) is 38.0 Å². The van der Waals surface area contributed by atoms with Crippen LogP contribution in [0.25, 0.3) is 11.3 Å². The molecule has 0 aliphatic heterocycles. The molecule has 128 valence electrons. The van der Waals surface area contributed by atoms with Crippen LogP contribution in [-0.2, 0) is 9.47 Å². The molecule has 0 aliphatic carbocycles. The van der Waals surface area contributed by atoms with Crippen LogP contribution in [0, 0.1) is 0 Å². The predicted octanol–water partition coefficient (Wildman–Crippen LogP) is 1.69. The van der Waals surface area contributed by atoms with Crippen molar-refractivity contribution in [3.63, 3.8) is 0 Å². The van der Waals surface area contributed by atoms with Crippen LogP contribution in [0.15, 0.2) is 4.63 Å².